The average molecular weight is 367 g/mol. The van der Waals surface area contributed by atoms with Crippen LogP contribution < -0.4 is 0 Å². The molecule has 4 rings (SSSR count). The lowest BCUT2D eigenvalue weighted by Gasteiger charge is -2.10. The van der Waals surface area contributed by atoms with Crippen LogP contribution in [0.5, 0.6) is 0 Å². The van der Waals surface area contributed by atoms with Crippen LogP contribution in [-0.2, 0) is 16.4 Å². The Labute approximate surface area is 149 Å². The Bertz CT molecular complexity index is 1240. The third-order valence-corrected chi connectivity index (χ3v) is 5.32. The lowest BCUT2D eigenvalue weighted by Crippen LogP contribution is -2.17. The highest BCUT2D eigenvalue weighted by atomic mass is 32.2. The SMILES string of the molecule is CN1Cc2cc(-c3nc(S(C)(=O)=O)c(C#N)c4nccn34)ccc2C1=O. The molecule has 0 fully saturated rings. The number of amides is 1. The van der Waals surface area contributed by atoms with Crippen LogP contribution in [-0.4, -0.2) is 46.9 Å². The van der Waals surface area contributed by atoms with Gasteiger partial charge < -0.3 is 4.90 Å². The van der Waals surface area contributed by atoms with Gasteiger partial charge in [-0.25, -0.2) is 18.4 Å². The summed E-state index contributed by atoms with van der Waals surface area (Å²) in [6, 6.07) is 7.13. The van der Waals surface area contributed by atoms with E-state index in [-0.39, 0.29) is 22.1 Å². The van der Waals surface area contributed by atoms with E-state index in [1.165, 1.54) is 6.20 Å². The van der Waals surface area contributed by atoms with E-state index in [4.69, 9.17) is 0 Å². The molecule has 3 heterocycles. The second-order valence-electron chi connectivity index (χ2n) is 6.15. The van der Waals surface area contributed by atoms with Crippen molar-refractivity contribution in [3.63, 3.8) is 0 Å². The number of carbonyl (C=O) groups is 1. The predicted octanol–water partition coefficient (Wildman–Crippen LogP) is 1.26. The number of nitrogens with zero attached hydrogens (tertiary/aromatic N) is 5. The molecule has 3 aromatic rings. The van der Waals surface area contributed by atoms with Crippen molar-refractivity contribution in [1.82, 2.24) is 19.3 Å². The zero-order chi connectivity index (χ0) is 18.6. The molecule has 2 aromatic heterocycles. The van der Waals surface area contributed by atoms with Crippen molar-refractivity contribution in [1.29, 1.82) is 5.26 Å². The molecule has 1 aliphatic rings. The van der Waals surface area contributed by atoms with E-state index in [0.717, 1.165) is 11.8 Å². The van der Waals surface area contributed by atoms with Crippen molar-refractivity contribution in [2.75, 3.05) is 13.3 Å². The molecule has 1 amide bonds. The molecular weight excluding hydrogens is 354 g/mol. The normalized spacial score (nSPS) is 13.9. The first-order valence-electron chi connectivity index (χ1n) is 7.67. The van der Waals surface area contributed by atoms with Crippen molar-refractivity contribution < 1.29 is 13.2 Å². The third-order valence-electron chi connectivity index (χ3n) is 4.32. The number of carbonyl (C=O) groups excluding carboxylic acids is 1. The standard InChI is InChI=1S/C17H13N5O3S/c1-21-9-11-7-10(3-4-12(11)17(21)23)14-20-16(26(2,24)25)13(8-18)15-19-5-6-22(14)15/h3-7H,9H2,1-2H3. The zero-order valence-electron chi connectivity index (χ0n) is 14.0. The first-order valence-corrected chi connectivity index (χ1v) is 9.56. The van der Waals surface area contributed by atoms with Gasteiger partial charge in [0.05, 0.1) is 0 Å². The van der Waals surface area contributed by atoms with Crippen LogP contribution in [0.25, 0.3) is 17.0 Å². The number of fused-ring (bicyclic) bond motifs is 2. The summed E-state index contributed by atoms with van der Waals surface area (Å²) < 4.78 is 25.8. The minimum Gasteiger partial charge on any atom is -0.337 e. The van der Waals surface area contributed by atoms with Crippen LogP contribution in [0.1, 0.15) is 21.5 Å². The fraction of sp³-hybridized carbons (Fsp3) is 0.176. The monoisotopic (exact) mass is 367 g/mol. The van der Waals surface area contributed by atoms with Crippen LogP contribution in [0.3, 0.4) is 0 Å². The Morgan fingerprint density at radius 1 is 1.31 bits per heavy atom. The molecule has 0 atom stereocenters. The molecule has 0 aliphatic carbocycles. The summed E-state index contributed by atoms with van der Waals surface area (Å²) in [4.78, 5) is 22.1. The van der Waals surface area contributed by atoms with Crippen LogP contribution in [0, 0.1) is 11.3 Å². The number of hydrogen-bond donors (Lipinski definition) is 0. The van der Waals surface area contributed by atoms with Gasteiger partial charge >= 0.3 is 0 Å². The summed E-state index contributed by atoms with van der Waals surface area (Å²) in [5.74, 6) is 0.297. The van der Waals surface area contributed by atoms with Gasteiger partial charge in [-0.2, -0.15) is 5.26 Å². The summed E-state index contributed by atoms with van der Waals surface area (Å²) in [5.41, 5.74) is 2.25. The Morgan fingerprint density at radius 2 is 2.08 bits per heavy atom. The second kappa shape index (κ2) is 5.37. The second-order valence-corrected chi connectivity index (χ2v) is 8.08. The lowest BCUT2D eigenvalue weighted by atomic mass is 10.1. The molecule has 1 aliphatic heterocycles. The molecule has 0 saturated heterocycles. The summed E-state index contributed by atoms with van der Waals surface area (Å²) in [6.45, 7) is 0.476. The molecular formula is C17H13N5O3S. The maximum absolute atomic E-state index is 12.1. The lowest BCUT2D eigenvalue weighted by molar-refractivity contribution is 0.0816. The number of rotatable bonds is 2. The molecule has 9 heteroatoms. The number of nitriles is 1. The van der Waals surface area contributed by atoms with Crippen molar-refractivity contribution >= 4 is 21.4 Å². The molecule has 0 N–H and O–H groups in total. The average Bonchev–Trinajstić information content (AvgIpc) is 3.18. The van der Waals surface area contributed by atoms with E-state index < -0.39 is 9.84 Å². The molecule has 130 valence electrons. The third kappa shape index (κ3) is 2.27. The smallest absolute Gasteiger partial charge is 0.254 e. The van der Waals surface area contributed by atoms with Gasteiger partial charge in [0.15, 0.2) is 20.5 Å². The molecule has 0 unspecified atom stereocenters. The molecule has 0 spiro atoms. The summed E-state index contributed by atoms with van der Waals surface area (Å²) in [6.07, 6.45) is 4.11. The predicted molar refractivity (Wildman–Crippen MR) is 92.0 cm³/mol. The Hall–Kier alpha value is -3.25. The fourth-order valence-electron chi connectivity index (χ4n) is 3.14. The molecule has 26 heavy (non-hydrogen) atoms. The molecule has 0 bridgehead atoms. The maximum atomic E-state index is 12.1. The van der Waals surface area contributed by atoms with Gasteiger partial charge in [-0.05, 0) is 17.7 Å². The van der Waals surface area contributed by atoms with Crippen LogP contribution >= 0.6 is 0 Å². The van der Waals surface area contributed by atoms with Crippen molar-refractivity contribution in [2.24, 2.45) is 0 Å². The van der Waals surface area contributed by atoms with Gasteiger partial charge in [-0.15, -0.1) is 0 Å². The number of imidazole rings is 1. The molecule has 0 radical (unpaired) electrons. The topological polar surface area (TPSA) is 108 Å². The highest BCUT2D eigenvalue weighted by Gasteiger charge is 2.26. The minimum atomic E-state index is -3.72. The Balaban J connectivity index is 2.02. The minimum absolute atomic E-state index is 0.0519. The number of hydrogen-bond acceptors (Lipinski definition) is 6. The highest BCUT2D eigenvalue weighted by Crippen LogP contribution is 2.29. The van der Waals surface area contributed by atoms with Crippen LogP contribution in [0.4, 0.5) is 0 Å². The number of sulfone groups is 1. The fourth-order valence-corrected chi connectivity index (χ4v) is 3.90. The van der Waals surface area contributed by atoms with Crippen LogP contribution in [0.2, 0.25) is 0 Å². The maximum Gasteiger partial charge on any atom is 0.254 e. The quantitative estimate of drug-likeness (QED) is 0.631. The van der Waals surface area contributed by atoms with E-state index >= 15 is 0 Å². The van der Waals surface area contributed by atoms with Gasteiger partial charge in [-0.1, -0.05) is 6.07 Å². The summed E-state index contributed by atoms with van der Waals surface area (Å²) in [7, 11) is -2.00. The van der Waals surface area contributed by atoms with E-state index in [2.05, 4.69) is 9.97 Å². The summed E-state index contributed by atoms with van der Waals surface area (Å²) >= 11 is 0. The van der Waals surface area contributed by atoms with Gasteiger partial charge in [-0.3, -0.25) is 9.20 Å². The van der Waals surface area contributed by atoms with Gasteiger partial charge in [0.2, 0.25) is 0 Å². The van der Waals surface area contributed by atoms with Crippen molar-refractivity contribution in [3.8, 4) is 17.5 Å². The van der Waals surface area contributed by atoms with Crippen molar-refractivity contribution in [2.45, 2.75) is 11.6 Å². The van der Waals surface area contributed by atoms with Gasteiger partial charge in [0.25, 0.3) is 5.91 Å². The number of aromatic nitrogens is 3. The van der Waals surface area contributed by atoms with Gasteiger partial charge in [0.1, 0.15) is 17.5 Å². The molecule has 1 aromatic carbocycles. The largest absolute Gasteiger partial charge is 0.337 e. The zero-order valence-corrected chi connectivity index (χ0v) is 14.8. The Kier molecular flexibility index (Phi) is 3.35. The highest BCUT2D eigenvalue weighted by molar-refractivity contribution is 7.90. The van der Waals surface area contributed by atoms with Crippen molar-refractivity contribution in [3.05, 3.63) is 47.3 Å². The molecule has 8 nitrogen and oxygen atoms in total. The van der Waals surface area contributed by atoms with E-state index in [9.17, 15) is 18.5 Å². The first kappa shape index (κ1) is 16.2. The van der Waals surface area contributed by atoms with Crippen LogP contribution in [0.15, 0.2) is 35.6 Å². The summed E-state index contributed by atoms with van der Waals surface area (Å²) in [5, 5.41) is 9.09. The van der Waals surface area contributed by atoms with E-state index in [1.807, 2.05) is 12.1 Å². The van der Waals surface area contributed by atoms with E-state index in [0.29, 0.717) is 23.5 Å². The first-order chi connectivity index (χ1) is 12.3. The van der Waals surface area contributed by atoms with E-state index in [1.54, 1.807) is 34.7 Å². The Morgan fingerprint density at radius 3 is 2.77 bits per heavy atom. The number of benzene rings is 1. The molecule has 0 saturated carbocycles. The van der Waals surface area contributed by atoms with Gasteiger partial charge in [0, 0.05) is 43.4 Å².